The van der Waals surface area contributed by atoms with Crippen molar-refractivity contribution in [3.8, 4) is 5.75 Å². The molecule has 1 rings (SSSR count). The highest BCUT2D eigenvalue weighted by Gasteiger charge is 2.15. The van der Waals surface area contributed by atoms with Gasteiger partial charge in [-0.3, -0.25) is 10.1 Å². The summed E-state index contributed by atoms with van der Waals surface area (Å²) in [6.45, 7) is 1.90. The summed E-state index contributed by atoms with van der Waals surface area (Å²) >= 11 is 6.78. The van der Waals surface area contributed by atoms with Crippen molar-refractivity contribution in [1.29, 1.82) is 0 Å². The third kappa shape index (κ3) is 2.78. The van der Waals surface area contributed by atoms with Gasteiger partial charge in [-0.05, 0) is 12.1 Å². The summed E-state index contributed by atoms with van der Waals surface area (Å²) in [7, 11) is 0. The minimum atomic E-state index is -0.516. The molecule has 0 fully saturated rings. The topological polar surface area (TPSA) is 52.4 Å². The molecule has 1 aromatic rings. The van der Waals surface area contributed by atoms with Gasteiger partial charge < -0.3 is 4.18 Å². The summed E-state index contributed by atoms with van der Waals surface area (Å²) in [5.74, 6) is 0.950. The van der Waals surface area contributed by atoms with Gasteiger partial charge in [-0.25, -0.2) is 0 Å². The Bertz CT molecular complexity index is 345. The number of nitro groups is 1. The lowest BCUT2D eigenvalue weighted by atomic mass is 10.3. The van der Waals surface area contributed by atoms with Gasteiger partial charge >= 0.3 is 5.69 Å². The second kappa shape index (κ2) is 5.07. The van der Waals surface area contributed by atoms with Gasteiger partial charge in [0, 0.05) is 16.8 Å². The van der Waals surface area contributed by atoms with Crippen LogP contribution in [0.5, 0.6) is 5.75 Å². The normalized spacial score (nSPS) is 9.86. The number of rotatable bonds is 4. The number of benzene rings is 1. The molecule has 0 radical (unpaired) electrons. The molecule has 4 nitrogen and oxygen atoms in total. The monoisotopic (exact) mass is 233 g/mol. The molecular weight excluding hydrogens is 226 g/mol. The van der Waals surface area contributed by atoms with Crippen molar-refractivity contribution in [1.82, 2.24) is 0 Å². The molecule has 0 unspecified atom stereocenters. The maximum Gasteiger partial charge on any atom is 0.313 e. The Balaban J connectivity index is 2.96. The fraction of sp³-hybridized carbons (Fsp3) is 0.250. The van der Waals surface area contributed by atoms with Gasteiger partial charge in [-0.2, -0.15) is 0 Å². The molecule has 0 aromatic heterocycles. The van der Waals surface area contributed by atoms with Crippen LogP contribution in [0.2, 0.25) is 5.02 Å². The van der Waals surface area contributed by atoms with E-state index < -0.39 is 4.92 Å². The van der Waals surface area contributed by atoms with Crippen molar-refractivity contribution in [2.24, 2.45) is 0 Å². The van der Waals surface area contributed by atoms with E-state index >= 15 is 0 Å². The summed E-state index contributed by atoms with van der Waals surface area (Å²) in [5.41, 5.74) is -0.113. The zero-order valence-corrected chi connectivity index (χ0v) is 8.97. The first-order chi connectivity index (χ1) is 6.65. The Morgan fingerprint density at radius 3 is 2.93 bits per heavy atom. The van der Waals surface area contributed by atoms with E-state index in [9.17, 15) is 10.1 Å². The van der Waals surface area contributed by atoms with Crippen LogP contribution in [0.4, 0.5) is 5.69 Å². The molecule has 0 aliphatic heterocycles. The summed E-state index contributed by atoms with van der Waals surface area (Å²) in [4.78, 5) is 10.1. The van der Waals surface area contributed by atoms with E-state index in [0.29, 0.717) is 5.02 Å². The first kappa shape index (κ1) is 11.1. The zero-order valence-electron chi connectivity index (χ0n) is 7.40. The van der Waals surface area contributed by atoms with Gasteiger partial charge in [-0.1, -0.05) is 18.5 Å². The first-order valence-corrected chi connectivity index (χ1v) is 5.17. The van der Waals surface area contributed by atoms with Crippen LogP contribution < -0.4 is 4.18 Å². The van der Waals surface area contributed by atoms with Gasteiger partial charge in [0.2, 0.25) is 5.75 Å². The summed E-state index contributed by atoms with van der Waals surface area (Å²) < 4.78 is 5.12. The minimum Gasteiger partial charge on any atom is -0.419 e. The summed E-state index contributed by atoms with van der Waals surface area (Å²) in [6.07, 6.45) is 0. The predicted octanol–water partition coefficient (Wildman–Crippen LogP) is 3.30. The van der Waals surface area contributed by atoms with Crippen LogP contribution in [0.3, 0.4) is 0 Å². The molecule has 0 N–H and O–H groups in total. The van der Waals surface area contributed by atoms with Crippen LogP contribution in [0, 0.1) is 10.1 Å². The quantitative estimate of drug-likeness (QED) is 0.455. The molecule has 0 aliphatic carbocycles. The number of hydrogen-bond donors (Lipinski definition) is 0. The van der Waals surface area contributed by atoms with Crippen LogP contribution in [-0.2, 0) is 0 Å². The zero-order chi connectivity index (χ0) is 10.6. The van der Waals surface area contributed by atoms with Gasteiger partial charge in [0.25, 0.3) is 0 Å². The summed E-state index contributed by atoms with van der Waals surface area (Å²) in [5, 5.41) is 10.9. The van der Waals surface area contributed by atoms with Crippen LogP contribution in [-0.4, -0.2) is 10.7 Å². The van der Waals surface area contributed by atoms with Crippen LogP contribution >= 0.6 is 23.6 Å². The van der Waals surface area contributed by atoms with Crippen molar-refractivity contribution in [3.05, 3.63) is 33.3 Å². The number of hydrogen-bond acceptors (Lipinski definition) is 4. The highest BCUT2D eigenvalue weighted by atomic mass is 35.5. The van der Waals surface area contributed by atoms with E-state index in [4.69, 9.17) is 15.8 Å². The average molecular weight is 234 g/mol. The molecule has 14 heavy (non-hydrogen) atoms. The van der Waals surface area contributed by atoms with E-state index in [-0.39, 0.29) is 11.4 Å². The Labute approximate surface area is 90.6 Å². The molecule has 0 amide bonds. The maximum atomic E-state index is 10.6. The molecule has 1 aromatic carbocycles. The van der Waals surface area contributed by atoms with Gasteiger partial charge in [0.1, 0.15) is 0 Å². The lowest BCUT2D eigenvalue weighted by Gasteiger charge is -2.02. The minimum absolute atomic E-state index is 0.113. The van der Waals surface area contributed by atoms with E-state index in [1.54, 1.807) is 6.07 Å². The fourth-order valence-corrected chi connectivity index (χ4v) is 1.38. The molecule has 0 bridgehead atoms. The summed E-state index contributed by atoms with van der Waals surface area (Å²) in [6, 6.07) is 4.32. The standard InChI is InChI=1S/C8H8ClNO3S/c1-2-14-13-8-4-3-6(9)5-7(8)10(11)12/h3-5H,2H2,1H3. The second-order valence-electron chi connectivity index (χ2n) is 2.36. The average Bonchev–Trinajstić information content (AvgIpc) is 2.15. The fourth-order valence-electron chi connectivity index (χ4n) is 0.826. The molecule has 0 spiro atoms. The number of nitro benzene ring substituents is 1. The van der Waals surface area contributed by atoms with Crippen molar-refractivity contribution in [3.63, 3.8) is 0 Å². The molecule has 76 valence electrons. The maximum absolute atomic E-state index is 10.6. The molecular formula is C8H8ClNO3S. The third-order valence-corrected chi connectivity index (χ3v) is 2.15. The Kier molecular flexibility index (Phi) is 4.03. The Morgan fingerprint density at radius 1 is 1.64 bits per heavy atom. The molecule has 0 saturated carbocycles. The van der Waals surface area contributed by atoms with E-state index in [1.807, 2.05) is 6.92 Å². The predicted molar refractivity (Wildman–Crippen MR) is 56.9 cm³/mol. The van der Waals surface area contributed by atoms with Crippen molar-refractivity contribution >= 4 is 29.3 Å². The highest BCUT2D eigenvalue weighted by molar-refractivity contribution is 7.94. The van der Waals surface area contributed by atoms with Crippen molar-refractivity contribution < 1.29 is 9.11 Å². The molecule has 0 atom stereocenters. The third-order valence-electron chi connectivity index (χ3n) is 1.38. The van der Waals surface area contributed by atoms with E-state index in [2.05, 4.69) is 0 Å². The smallest absolute Gasteiger partial charge is 0.313 e. The molecule has 6 heteroatoms. The largest absolute Gasteiger partial charge is 0.419 e. The first-order valence-electron chi connectivity index (χ1n) is 3.88. The van der Waals surface area contributed by atoms with E-state index in [1.165, 1.54) is 12.1 Å². The van der Waals surface area contributed by atoms with E-state index in [0.717, 1.165) is 17.8 Å². The lowest BCUT2D eigenvalue weighted by molar-refractivity contribution is -0.385. The van der Waals surface area contributed by atoms with Gasteiger partial charge in [0.15, 0.2) is 0 Å². The lowest BCUT2D eigenvalue weighted by Crippen LogP contribution is -1.92. The molecule has 0 saturated heterocycles. The second-order valence-corrected chi connectivity index (χ2v) is 3.78. The Hall–Kier alpha value is -0.940. The van der Waals surface area contributed by atoms with Gasteiger partial charge in [0.05, 0.1) is 17.0 Å². The SMILES string of the molecule is CCSOc1ccc(Cl)cc1[N+](=O)[O-]. The molecule has 0 aliphatic rings. The highest BCUT2D eigenvalue weighted by Crippen LogP contribution is 2.31. The van der Waals surface area contributed by atoms with Crippen LogP contribution in [0.1, 0.15) is 6.92 Å². The molecule has 0 heterocycles. The van der Waals surface area contributed by atoms with Crippen molar-refractivity contribution in [2.45, 2.75) is 6.92 Å². The Morgan fingerprint density at radius 2 is 2.36 bits per heavy atom. The van der Waals surface area contributed by atoms with Crippen LogP contribution in [0.25, 0.3) is 0 Å². The number of nitrogens with zero attached hydrogens (tertiary/aromatic N) is 1. The van der Waals surface area contributed by atoms with Gasteiger partial charge in [-0.15, -0.1) is 0 Å². The van der Waals surface area contributed by atoms with Crippen LogP contribution in [0.15, 0.2) is 18.2 Å². The van der Waals surface area contributed by atoms with Crippen molar-refractivity contribution in [2.75, 3.05) is 5.75 Å². The number of halogens is 1.